The first-order chi connectivity index (χ1) is 9.79. The van der Waals surface area contributed by atoms with Crippen LogP contribution in [0.3, 0.4) is 0 Å². The average molecular weight is 264 g/mol. The van der Waals surface area contributed by atoms with E-state index < -0.39 is 0 Å². The first kappa shape index (κ1) is 11.0. The quantitative estimate of drug-likeness (QED) is 0.520. The molecule has 0 unspecified atom stereocenters. The molecule has 98 valence electrons. The van der Waals surface area contributed by atoms with Crippen LogP contribution in [0.5, 0.6) is 0 Å². The molecule has 0 aliphatic rings. The van der Waals surface area contributed by atoms with Crippen molar-refractivity contribution < 1.29 is 0 Å². The zero-order chi connectivity index (χ0) is 13.5. The third-order valence-electron chi connectivity index (χ3n) is 3.26. The minimum Gasteiger partial charge on any atom is -0.343 e. The SMILES string of the molecule is Cc1cc2c(Nc3ccc4cn[nH]c4c3)ncnc2[nH]1. The van der Waals surface area contributed by atoms with Gasteiger partial charge in [0, 0.05) is 16.8 Å². The second kappa shape index (κ2) is 4.06. The second-order valence-electron chi connectivity index (χ2n) is 4.73. The molecule has 3 aromatic heterocycles. The molecule has 0 fully saturated rings. The smallest absolute Gasteiger partial charge is 0.143 e. The molecule has 0 aliphatic heterocycles. The fourth-order valence-electron chi connectivity index (χ4n) is 2.32. The molecule has 3 heterocycles. The largest absolute Gasteiger partial charge is 0.343 e. The molecule has 0 bridgehead atoms. The Labute approximate surface area is 114 Å². The molecule has 1 aromatic carbocycles. The van der Waals surface area contributed by atoms with Gasteiger partial charge in [-0.25, -0.2) is 9.97 Å². The molecular formula is C14H12N6. The Morgan fingerprint density at radius 2 is 2.10 bits per heavy atom. The lowest BCUT2D eigenvalue weighted by Gasteiger charge is -2.06. The Balaban J connectivity index is 1.79. The molecule has 6 heteroatoms. The van der Waals surface area contributed by atoms with Crippen molar-refractivity contribution in [2.24, 2.45) is 0 Å². The maximum Gasteiger partial charge on any atom is 0.143 e. The fraction of sp³-hybridized carbons (Fsp3) is 0.0714. The predicted molar refractivity (Wildman–Crippen MR) is 78.0 cm³/mol. The molecule has 3 N–H and O–H groups in total. The van der Waals surface area contributed by atoms with Gasteiger partial charge in [-0.15, -0.1) is 0 Å². The first-order valence-corrected chi connectivity index (χ1v) is 6.30. The zero-order valence-corrected chi connectivity index (χ0v) is 10.8. The van der Waals surface area contributed by atoms with Gasteiger partial charge >= 0.3 is 0 Å². The Hall–Kier alpha value is -2.89. The molecule has 4 rings (SSSR count). The summed E-state index contributed by atoms with van der Waals surface area (Å²) in [5.74, 6) is 0.790. The number of rotatable bonds is 2. The van der Waals surface area contributed by atoms with Gasteiger partial charge in [-0.3, -0.25) is 5.10 Å². The van der Waals surface area contributed by atoms with E-state index in [9.17, 15) is 0 Å². The van der Waals surface area contributed by atoms with Crippen LogP contribution in [0.1, 0.15) is 5.69 Å². The fourth-order valence-corrected chi connectivity index (χ4v) is 2.32. The van der Waals surface area contributed by atoms with E-state index in [4.69, 9.17) is 0 Å². The molecule has 0 aliphatic carbocycles. The maximum absolute atomic E-state index is 4.32. The third kappa shape index (κ3) is 1.70. The predicted octanol–water partition coefficient (Wildman–Crippen LogP) is 2.89. The summed E-state index contributed by atoms with van der Waals surface area (Å²) in [5.41, 5.74) is 3.85. The Morgan fingerprint density at radius 1 is 1.15 bits per heavy atom. The van der Waals surface area contributed by atoms with Gasteiger partial charge in [0.15, 0.2) is 0 Å². The molecule has 20 heavy (non-hydrogen) atoms. The number of H-pyrrole nitrogens is 2. The van der Waals surface area contributed by atoms with Crippen molar-refractivity contribution in [1.29, 1.82) is 0 Å². The Kier molecular flexibility index (Phi) is 2.23. The summed E-state index contributed by atoms with van der Waals surface area (Å²) in [6.45, 7) is 2.00. The van der Waals surface area contributed by atoms with Gasteiger partial charge in [-0.1, -0.05) is 0 Å². The van der Waals surface area contributed by atoms with Crippen LogP contribution in [0.15, 0.2) is 36.8 Å². The van der Waals surface area contributed by atoms with E-state index in [1.54, 1.807) is 12.5 Å². The summed E-state index contributed by atoms with van der Waals surface area (Å²) >= 11 is 0. The molecule has 0 saturated carbocycles. The van der Waals surface area contributed by atoms with E-state index >= 15 is 0 Å². The van der Waals surface area contributed by atoms with Crippen LogP contribution >= 0.6 is 0 Å². The lowest BCUT2D eigenvalue weighted by atomic mass is 10.2. The normalized spacial score (nSPS) is 11.2. The van der Waals surface area contributed by atoms with Crippen molar-refractivity contribution in [3.63, 3.8) is 0 Å². The van der Waals surface area contributed by atoms with Crippen LogP contribution in [0.25, 0.3) is 21.9 Å². The van der Waals surface area contributed by atoms with Gasteiger partial charge < -0.3 is 10.3 Å². The summed E-state index contributed by atoms with van der Waals surface area (Å²) in [7, 11) is 0. The zero-order valence-electron chi connectivity index (χ0n) is 10.8. The lowest BCUT2D eigenvalue weighted by Crippen LogP contribution is -1.94. The van der Waals surface area contributed by atoms with Crippen LogP contribution in [-0.4, -0.2) is 25.1 Å². The number of anilines is 2. The highest BCUT2D eigenvalue weighted by atomic mass is 15.1. The third-order valence-corrected chi connectivity index (χ3v) is 3.26. The van der Waals surface area contributed by atoms with Crippen LogP contribution in [0.4, 0.5) is 11.5 Å². The second-order valence-corrected chi connectivity index (χ2v) is 4.73. The van der Waals surface area contributed by atoms with Crippen molar-refractivity contribution in [3.05, 3.63) is 42.5 Å². The number of nitrogens with zero attached hydrogens (tertiary/aromatic N) is 3. The van der Waals surface area contributed by atoms with Gasteiger partial charge in [0.25, 0.3) is 0 Å². The van der Waals surface area contributed by atoms with Crippen molar-refractivity contribution in [1.82, 2.24) is 25.1 Å². The van der Waals surface area contributed by atoms with Crippen molar-refractivity contribution in [3.8, 4) is 0 Å². The first-order valence-electron chi connectivity index (χ1n) is 6.30. The number of hydrogen-bond acceptors (Lipinski definition) is 4. The molecule has 4 aromatic rings. The van der Waals surface area contributed by atoms with Gasteiger partial charge in [0.2, 0.25) is 0 Å². The number of nitrogens with one attached hydrogen (secondary N) is 3. The minimum absolute atomic E-state index is 0.790. The molecule has 0 spiro atoms. The minimum atomic E-state index is 0.790. The van der Waals surface area contributed by atoms with Gasteiger partial charge in [-0.2, -0.15) is 5.10 Å². The van der Waals surface area contributed by atoms with E-state index in [1.807, 2.05) is 31.2 Å². The number of fused-ring (bicyclic) bond motifs is 2. The monoisotopic (exact) mass is 264 g/mol. The van der Waals surface area contributed by atoms with Crippen LogP contribution in [0.2, 0.25) is 0 Å². The standard InChI is InChI=1S/C14H12N6/c1-8-4-11-13(18-8)15-7-16-14(11)19-10-3-2-9-6-17-20-12(9)5-10/h2-7H,1H3,(H,17,20)(H2,15,16,18,19). The summed E-state index contributed by atoms with van der Waals surface area (Å²) in [6.07, 6.45) is 3.35. The van der Waals surface area contributed by atoms with Gasteiger partial charge in [-0.05, 0) is 31.2 Å². The van der Waals surface area contributed by atoms with E-state index in [2.05, 4.69) is 30.5 Å². The van der Waals surface area contributed by atoms with E-state index in [0.29, 0.717) is 0 Å². The van der Waals surface area contributed by atoms with Crippen molar-refractivity contribution in [2.45, 2.75) is 6.92 Å². The molecular weight excluding hydrogens is 252 g/mol. The molecule has 0 atom stereocenters. The Morgan fingerprint density at radius 3 is 3.05 bits per heavy atom. The highest BCUT2D eigenvalue weighted by Crippen LogP contribution is 2.25. The molecule has 0 radical (unpaired) electrons. The lowest BCUT2D eigenvalue weighted by molar-refractivity contribution is 1.12. The van der Waals surface area contributed by atoms with Gasteiger partial charge in [0.05, 0.1) is 17.1 Å². The van der Waals surface area contributed by atoms with Crippen LogP contribution < -0.4 is 5.32 Å². The van der Waals surface area contributed by atoms with Crippen molar-refractivity contribution in [2.75, 3.05) is 5.32 Å². The van der Waals surface area contributed by atoms with Gasteiger partial charge in [0.1, 0.15) is 17.8 Å². The number of aromatic nitrogens is 5. The number of benzene rings is 1. The summed E-state index contributed by atoms with van der Waals surface area (Å²) in [5, 5.41) is 12.4. The van der Waals surface area contributed by atoms with Crippen LogP contribution in [-0.2, 0) is 0 Å². The topological polar surface area (TPSA) is 82.3 Å². The maximum atomic E-state index is 4.32. The summed E-state index contributed by atoms with van der Waals surface area (Å²) in [6, 6.07) is 8.06. The number of aryl methyl sites for hydroxylation is 1. The molecule has 6 nitrogen and oxygen atoms in total. The highest BCUT2D eigenvalue weighted by Gasteiger charge is 2.07. The molecule has 0 saturated heterocycles. The molecule has 0 amide bonds. The number of aromatic amines is 2. The highest BCUT2D eigenvalue weighted by molar-refractivity contribution is 5.90. The summed E-state index contributed by atoms with van der Waals surface area (Å²) in [4.78, 5) is 11.7. The number of hydrogen-bond donors (Lipinski definition) is 3. The van der Waals surface area contributed by atoms with E-state index in [-0.39, 0.29) is 0 Å². The van der Waals surface area contributed by atoms with Crippen LogP contribution in [0, 0.1) is 6.92 Å². The van der Waals surface area contributed by atoms with Crippen molar-refractivity contribution >= 4 is 33.4 Å². The Bertz CT molecular complexity index is 904. The average Bonchev–Trinajstić information content (AvgIpc) is 3.04. The van der Waals surface area contributed by atoms with E-state index in [0.717, 1.165) is 39.1 Å². The summed E-state index contributed by atoms with van der Waals surface area (Å²) < 4.78 is 0. The van der Waals surface area contributed by atoms with E-state index in [1.165, 1.54) is 0 Å².